The largest absolute Gasteiger partial charge is 0.127 e. The van der Waals surface area contributed by atoms with Gasteiger partial charge in [-0.3, -0.25) is 0 Å². The predicted octanol–water partition coefficient (Wildman–Crippen LogP) is 4.58. The molecule has 0 N–H and O–H groups in total. The normalized spacial score (nSPS) is 15.0. The van der Waals surface area contributed by atoms with Crippen molar-refractivity contribution in [2.75, 3.05) is 0 Å². The smallest absolute Gasteiger partial charge is 0.00696 e. The number of aryl methyl sites for hydroxylation is 2. The maximum atomic E-state index is 3.03. The van der Waals surface area contributed by atoms with Gasteiger partial charge in [0, 0.05) is 5.16 Å². The molecule has 2 atom stereocenters. The van der Waals surface area contributed by atoms with Crippen LogP contribution in [0.5, 0.6) is 0 Å². The maximum absolute atomic E-state index is 3.03. The summed E-state index contributed by atoms with van der Waals surface area (Å²) in [5.74, 6) is 0. The van der Waals surface area contributed by atoms with E-state index in [1.807, 2.05) is 0 Å². The zero-order valence-electron chi connectivity index (χ0n) is 10.4. The molecule has 0 aromatic heterocycles. The van der Waals surface area contributed by atoms with Gasteiger partial charge in [0.05, 0.1) is 0 Å². The van der Waals surface area contributed by atoms with Crippen molar-refractivity contribution in [1.82, 2.24) is 0 Å². The summed E-state index contributed by atoms with van der Waals surface area (Å²) in [6, 6.07) is 6.87. The van der Waals surface area contributed by atoms with Crippen LogP contribution < -0.4 is 0 Å². The highest BCUT2D eigenvalue weighted by Gasteiger charge is 2.20. The van der Waals surface area contributed by atoms with Crippen molar-refractivity contribution in [2.24, 2.45) is 0 Å². The van der Waals surface area contributed by atoms with Crippen molar-refractivity contribution >= 4 is 9.24 Å². The van der Waals surface area contributed by atoms with E-state index in [4.69, 9.17) is 0 Å². The quantitative estimate of drug-likeness (QED) is 0.654. The summed E-state index contributed by atoms with van der Waals surface area (Å²) in [4.78, 5) is 0. The van der Waals surface area contributed by atoms with Gasteiger partial charge in [0.1, 0.15) is 0 Å². The molecule has 84 valence electrons. The second-order valence-electron chi connectivity index (χ2n) is 4.90. The van der Waals surface area contributed by atoms with Crippen molar-refractivity contribution in [2.45, 2.75) is 52.1 Å². The van der Waals surface area contributed by atoms with Gasteiger partial charge in [0.15, 0.2) is 0 Å². The number of hydrogen-bond donors (Lipinski definition) is 0. The molecule has 0 aliphatic rings. The van der Waals surface area contributed by atoms with E-state index in [0.29, 0.717) is 0 Å². The fraction of sp³-hybridized carbons (Fsp3) is 0.571. The minimum Gasteiger partial charge on any atom is -0.127 e. The van der Waals surface area contributed by atoms with Crippen LogP contribution in [0.2, 0.25) is 0 Å². The van der Waals surface area contributed by atoms with Crippen LogP contribution in [0.15, 0.2) is 18.2 Å². The second kappa shape index (κ2) is 5.12. The first-order valence-electron chi connectivity index (χ1n) is 5.83. The highest BCUT2D eigenvalue weighted by molar-refractivity contribution is 7.18. The summed E-state index contributed by atoms with van der Waals surface area (Å²) < 4.78 is 0. The van der Waals surface area contributed by atoms with E-state index in [1.165, 1.54) is 36.0 Å². The third kappa shape index (κ3) is 3.61. The molecule has 2 unspecified atom stereocenters. The van der Waals surface area contributed by atoms with Crippen molar-refractivity contribution in [1.29, 1.82) is 0 Å². The van der Waals surface area contributed by atoms with E-state index in [1.54, 1.807) is 0 Å². The molecule has 0 spiro atoms. The van der Waals surface area contributed by atoms with Gasteiger partial charge in [0.2, 0.25) is 0 Å². The Kier molecular flexibility index (Phi) is 4.34. The van der Waals surface area contributed by atoms with Crippen molar-refractivity contribution in [3.8, 4) is 0 Å². The minimum absolute atomic E-state index is 0.243. The van der Waals surface area contributed by atoms with Gasteiger partial charge in [0.25, 0.3) is 0 Å². The monoisotopic (exact) mass is 222 g/mol. The first-order chi connectivity index (χ1) is 6.95. The van der Waals surface area contributed by atoms with Crippen LogP contribution in [0, 0.1) is 13.8 Å². The zero-order chi connectivity index (χ0) is 11.5. The summed E-state index contributed by atoms with van der Waals surface area (Å²) >= 11 is 0. The van der Waals surface area contributed by atoms with E-state index < -0.39 is 0 Å². The molecule has 1 aromatic carbocycles. The fourth-order valence-electron chi connectivity index (χ4n) is 1.99. The third-order valence-electron chi connectivity index (χ3n) is 2.93. The molecule has 1 heteroatoms. The number of unbranched alkanes of at least 4 members (excludes halogenated alkanes) is 1. The van der Waals surface area contributed by atoms with Crippen LogP contribution in [0.4, 0.5) is 0 Å². The van der Waals surface area contributed by atoms with Gasteiger partial charge in [-0.25, -0.2) is 0 Å². The average molecular weight is 222 g/mol. The SMILES string of the molecule is CCCCC(C)(P)c1cc(C)cc(C)c1. The van der Waals surface area contributed by atoms with E-state index in [-0.39, 0.29) is 5.16 Å². The van der Waals surface area contributed by atoms with E-state index in [0.717, 1.165) is 0 Å². The molecular formula is C14H23P. The molecule has 15 heavy (non-hydrogen) atoms. The first kappa shape index (κ1) is 12.7. The minimum atomic E-state index is 0.243. The molecule has 0 fully saturated rings. The van der Waals surface area contributed by atoms with Gasteiger partial charge in [-0.2, -0.15) is 0 Å². The lowest BCUT2D eigenvalue weighted by Crippen LogP contribution is -2.13. The van der Waals surface area contributed by atoms with Crippen LogP contribution in [0.3, 0.4) is 0 Å². The second-order valence-corrected chi connectivity index (χ2v) is 6.17. The average Bonchev–Trinajstić information content (AvgIpc) is 2.13. The molecule has 0 saturated heterocycles. The number of hydrogen-bond acceptors (Lipinski definition) is 0. The molecule has 0 radical (unpaired) electrons. The highest BCUT2D eigenvalue weighted by Crippen LogP contribution is 2.36. The molecule has 0 heterocycles. The Hall–Kier alpha value is -0.350. The molecule has 0 bridgehead atoms. The molecular weight excluding hydrogens is 199 g/mol. The predicted molar refractivity (Wildman–Crippen MR) is 72.5 cm³/mol. The van der Waals surface area contributed by atoms with Gasteiger partial charge in [-0.1, -0.05) is 56.0 Å². The van der Waals surface area contributed by atoms with E-state index in [2.05, 4.69) is 55.1 Å². The van der Waals surface area contributed by atoms with Crippen molar-refractivity contribution in [3.63, 3.8) is 0 Å². The number of benzene rings is 1. The van der Waals surface area contributed by atoms with Gasteiger partial charge in [-0.15, -0.1) is 9.24 Å². The summed E-state index contributed by atoms with van der Waals surface area (Å²) in [6.07, 6.45) is 3.82. The highest BCUT2D eigenvalue weighted by atomic mass is 31.0. The van der Waals surface area contributed by atoms with Crippen LogP contribution >= 0.6 is 9.24 Å². The summed E-state index contributed by atoms with van der Waals surface area (Å²) in [5.41, 5.74) is 4.20. The lowest BCUT2D eigenvalue weighted by atomic mass is 9.92. The summed E-state index contributed by atoms with van der Waals surface area (Å²) in [6.45, 7) is 8.93. The van der Waals surface area contributed by atoms with Gasteiger partial charge >= 0.3 is 0 Å². The van der Waals surface area contributed by atoms with Gasteiger partial charge in [-0.05, 0) is 25.8 Å². The summed E-state index contributed by atoms with van der Waals surface area (Å²) in [7, 11) is 3.03. The number of rotatable bonds is 4. The first-order valence-corrected chi connectivity index (χ1v) is 6.41. The Labute approximate surface area is 96.7 Å². The fourth-order valence-corrected chi connectivity index (χ4v) is 2.36. The molecule has 0 aliphatic heterocycles. The maximum Gasteiger partial charge on any atom is 0.00696 e. The Morgan fingerprint density at radius 2 is 1.67 bits per heavy atom. The van der Waals surface area contributed by atoms with Crippen molar-refractivity contribution < 1.29 is 0 Å². The molecule has 0 amide bonds. The van der Waals surface area contributed by atoms with E-state index >= 15 is 0 Å². The Morgan fingerprint density at radius 1 is 1.13 bits per heavy atom. The lowest BCUT2D eigenvalue weighted by molar-refractivity contribution is 0.577. The third-order valence-corrected chi connectivity index (χ3v) is 3.55. The molecule has 0 saturated carbocycles. The van der Waals surface area contributed by atoms with E-state index in [9.17, 15) is 0 Å². The molecule has 0 nitrogen and oxygen atoms in total. The summed E-state index contributed by atoms with van der Waals surface area (Å²) in [5, 5.41) is 0.243. The topological polar surface area (TPSA) is 0 Å². The molecule has 1 rings (SSSR count). The Morgan fingerprint density at radius 3 is 2.13 bits per heavy atom. The molecule has 1 aromatic rings. The molecule has 0 aliphatic carbocycles. The van der Waals surface area contributed by atoms with Gasteiger partial charge < -0.3 is 0 Å². The van der Waals surface area contributed by atoms with Crippen LogP contribution in [0.25, 0.3) is 0 Å². The van der Waals surface area contributed by atoms with Crippen LogP contribution in [0.1, 0.15) is 49.8 Å². The Balaban J connectivity index is 2.93. The Bertz CT molecular complexity index is 306. The lowest BCUT2D eigenvalue weighted by Gasteiger charge is -2.26. The van der Waals surface area contributed by atoms with Crippen molar-refractivity contribution in [3.05, 3.63) is 34.9 Å². The zero-order valence-corrected chi connectivity index (χ0v) is 11.6. The standard InChI is InChI=1S/C14H23P/c1-5-6-7-14(4,15)13-9-11(2)8-12(3)10-13/h8-10H,5-7,15H2,1-4H3. The van der Waals surface area contributed by atoms with Crippen LogP contribution in [-0.4, -0.2) is 0 Å². The van der Waals surface area contributed by atoms with Crippen LogP contribution in [-0.2, 0) is 5.16 Å².